The van der Waals surface area contributed by atoms with Gasteiger partial charge in [0.25, 0.3) is 0 Å². The Hall–Kier alpha value is -8.43. The summed E-state index contributed by atoms with van der Waals surface area (Å²) in [5.74, 6) is -5.48. The number of hydrogen-bond donors (Lipinski definition) is 11. The molecule has 5 aromatic rings. The van der Waals surface area contributed by atoms with Gasteiger partial charge in [-0.05, 0) is 136 Å². The molecule has 3 aromatic carbocycles. The second-order valence-electron chi connectivity index (χ2n) is 22.8. The van der Waals surface area contributed by atoms with Gasteiger partial charge in [-0.2, -0.15) is 23.5 Å². The molecule has 2 saturated heterocycles. The molecule has 13 N–H and O–H groups in total. The molecule has 0 radical (unpaired) electrons. The molecule has 0 saturated carbocycles. The predicted octanol–water partition coefficient (Wildman–Crippen LogP) is 2.24. The quantitative estimate of drug-likeness (QED) is 0.0798. The third-order valence-electron chi connectivity index (χ3n) is 16.1. The van der Waals surface area contributed by atoms with Crippen molar-refractivity contribution < 1.29 is 61.9 Å². The fourth-order valence-corrected chi connectivity index (χ4v) is 13.2. The van der Waals surface area contributed by atoms with Gasteiger partial charge in [-0.1, -0.05) is 36.4 Å². The average molecular weight is 1280 g/mol. The Labute approximate surface area is 528 Å². The molecule has 0 spiro atoms. The van der Waals surface area contributed by atoms with Crippen molar-refractivity contribution in [1.82, 2.24) is 52.0 Å². The maximum Gasteiger partial charge on any atom is 0.246 e. The van der Waals surface area contributed by atoms with E-state index in [0.717, 1.165) is 11.1 Å². The van der Waals surface area contributed by atoms with Crippen LogP contribution in [0.25, 0.3) is 10.9 Å². The van der Waals surface area contributed by atoms with Crippen molar-refractivity contribution in [1.29, 1.82) is 0 Å². The van der Waals surface area contributed by atoms with E-state index in [-0.39, 0.29) is 76.0 Å². The number of fused-ring (bicyclic) bond motifs is 5. The number of unbranched alkanes of at least 4 members (excludes halogenated alkanes) is 1. The molecule has 90 heavy (non-hydrogen) atoms. The molecular weight excluding hydrogens is 1200 g/mol. The molecule has 0 aliphatic carbocycles. The van der Waals surface area contributed by atoms with Crippen molar-refractivity contribution in [3.8, 4) is 5.75 Å². The van der Waals surface area contributed by atoms with Gasteiger partial charge in [0.2, 0.25) is 59.1 Å². The number of carbonyl (C=O) groups is 10. The van der Waals surface area contributed by atoms with Gasteiger partial charge >= 0.3 is 0 Å². The summed E-state index contributed by atoms with van der Waals surface area (Å²) in [5.41, 5.74) is 15.3. The van der Waals surface area contributed by atoms with Crippen molar-refractivity contribution in [2.45, 2.75) is 144 Å². The number of aromatic nitrogens is 1. The van der Waals surface area contributed by atoms with E-state index in [1.54, 1.807) is 36.5 Å². The topological polar surface area (TPSA) is 363 Å². The molecule has 0 unspecified atom stereocenters. The van der Waals surface area contributed by atoms with Gasteiger partial charge in [0.05, 0.1) is 12.8 Å². The number of benzene rings is 3. The van der Waals surface area contributed by atoms with Crippen molar-refractivity contribution >= 4 is 93.5 Å². The summed E-state index contributed by atoms with van der Waals surface area (Å²) in [6, 6.07) is 11.6. The number of rotatable bonds is 12. The van der Waals surface area contributed by atoms with Crippen LogP contribution in [-0.4, -0.2) is 165 Å². The number of carbonyl (C=O) groups excluding carboxylic acids is 10. The second kappa shape index (κ2) is 32.9. The van der Waals surface area contributed by atoms with Crippen molar-refractivity contribution in [2.75, 3.05) is 37.7 Å². The fraction of sp³-hybridized carbons (Fsp3) is 0.460. The maximum atomic E-state index is 14.9. The Bertz CT molecular complexity index is 3350. The zero-order valence-corrected chi connectivity index (χ0v) is 51.7. The van der Waals surface area contributed by atoms with Gasteiger partial charge in [0, 0.05) is 72.5 Å². The van der Waals surface area contributed by atoms with E-state index in [1.807, 2.05) is 24.3 Å². The molecule has 8 rings (SSSR count). The van der Waals surface area contributed by atoms with Crippen LogP contribution in [0.5, 0.6) is 5.75 Å². The zero-order chi connectivity index (χ0) is 64.3. The number of hydrogen-bond acceptors (Lipinski definition) is 15. The van der Waals surface area contributed by atoms with Crippen LogP contribution in [0.3, 0.4) is 0 Å². The lowest BCUT2D eigenvalue weighted by molar-refractivity contribution is -0.143. The summed E-state index contributed by atoms with van der Waals surface area (Å²) < 4.78 is 20.2. The average Bonchev–Trinajstić information content (AvgIpc) is 2.11. The molecular formula is C63H79FN12O12S2. The molecule has 3 aliphatic rings. The Morgan fingerprint density at radius 2 is 1.34 bits per heavy atom. The van der Waals surface area contributed by atoms with Crippen LogP contribution in [0.1, 0.15) is 92.7 Å². The number of aromatic hydroxyl groups is 1. The van der Waals surface area contributed by atoms with Crippen molar-refractivity contribution in [3.05, 3.63) is 125 Å². The number of amides is 10. The highest BCUT2D eigenvalue weighted by Gasteiger charge is 2.42. The van der Waals surface area contributed by atoms with Crippen LogP contribution in [0, 0.1) is 5.82 Å². The molecule has 2 fully saturated rings. The van der Waals surface area contributed by atoms with Crippen LogP contribution in [-0.2, 0) is 78.7 Å². The first-order valence-electron chi connectivity index (χ1n) is 30.3. The van der Waals surface area contributed by atoms with Crippen molar-refractivity contribution in [2.24, 2.45) is 11.5 Å². The summed E-state index contributed by atoms with van der Waals surface area (Å²) in [6.07, 6.45) is 5.39. The second-order valence-corrected chi connectivity index (χ2v) is 24.9. The summed E-state index contributed by atoms with van der Waals surface area (Å²) in [4.78, 5) is 147. The molecule has 482 valence electrons. The van der Waals surface area contributed by atoms with E-state index in [4.69, 9.17) is 15.9 Å². The number of nitrogens with one attached hydrogen (secondary N) is 8. The number of aryl methyl sites for hydroxylation is 1. The predicted molar refractivity (Wildman–Crippen MR) is 336 cm³/mol. The summed E-state index contributed by atoms with van der Waals surface area (Å²) >= 11 is 2.88. The summed E-state index contributed by atoms with van der Waals surface area (Å²) in [6.45, 7) is 1.37. The van der Waals surface area contributed by atoms with Gasteiger partial charge in [-0.3, -0.25) is 47.9 Å². The number of phenols is 1. The lowest BCUT2D eigenvalue weighted by Gasteiger charge is -2.31. The summed E-state index contributed by atoms with van der Waals surface area (Å²) in [7, 11) is 0. The highest BCUT2D eigenvalue weighted by Crippen LogP contribution is 2.26. The molecule has 2 aromatic heterocycles. The van der Waals surface area contributed by atoms with E-state index in [1.165, 1.54) is 70.8 Å². The van der Waals surface area contributed by atoms with Gasteiger partial charge in [-0.15, -0.1) is 0 Å². The Morgan fingerprint density at radius 1 is 0.689 bits per heavy atom. The largest absolute Gasteiger partial charge is 0.508 e. The van der Waals surface area contributed by atoms with Gasteiger partial charge in [0.1, 0.15) is 65.7 Å². The highest BCUT2D eigenvalue weighted by atomic mass is 32.2. The van der Waals surface area contributed by atoms with E-state index in [2.05, 4.69) is 42.2 Å². The van der Waals surface area contributed by atoms with Crippen LogP contribution in [0.15, 0.2) is 95.7 Å². The van der Waals surface area contributed by atoms with Crippen molar-refractivity contribution in [3.63, 3.8) is 0 Å². The standard InChI is InChI=1S/C63H79FN12O12S2/c1-37-57(81)72-49(29-38-14-18-43(77)19-15-38)62(86)76-25-6-13-53(76)61(85)74-51(56(66)80)36-90-35-40-9-4-8-39(28-40)34-89-27-22-54(78)70-47(11-2-3-23-65)58(82)68-33-55(79)71-48(20-16-41-32-67-46-21-17-42(64)30-45(41)46)59(83)73-50(31-44-10-7-26-88-44)63(87)75-24-5-12-52(75)60(84)69-37/h4,7-10,14-15,17-19,21,26,28,30,32,37,47-53,67,77H,2-3,5-6,11-13,16,20,22-25,27,29,31,33-36,65H2,1H3,(H2,66,80)(H,68,82)(H,69,84)(H,70,78)(H,71,79)(H,72,81)(H,73,83)(H,74,85)/t37-,47-,48-,49-,50-,51-,52-,53-/m0/s1. The number of nitrogens with zero attached hydrogens (tertiary/aromatic N) is 2. The minimum Gasteiger partial charge on any atom is -0.508 e. The number of halogens is 1. The third kappa shape index (κ3) is 19.1. The summed E-state index contributed by atoms with van der Waals surface area (Å²) in [5, 5.41) is 29.7. The number of thioether (sulfide) groups is 2. The number of furan rings is 1. The lowest BCUT2D eigenvalue weighted by atomic mass is 10.0. The first kappa shape index (κ1) is 67.5. The Morgan fingerprint density at radius 3 is 2.02 bits per heavy atom. The first-order chi connectivity index (χ1) is 43.3. The number of nitrogens with two attached hydrogens (primary N) is 2. The van der Waals surface area contributed by atoms with E-state index < -0.39 is 120 Å². The first-order valence-corrected chi connectivity index (χ1v) is 32.6. The van der Waals surface area contributed by atoms with Crippen LogP contribution in [0.4, 0.5) is 4.39 Å². The molecule has 2 bridgehead atoms. The number of phenolic OH excluding ortho intramolecular Hbond substituents is 1. The van der Waals surface area contributed by atoms with Gasteiger partial charge in [0.15, 0.2) is 0 Å². The normalized spacial score (nSPS) is 23.9. The zero-order valence-electron chi connectivity index (χ0n) is 50.1. The fourth-order valence-electron chi connectivity index (χ4n) is 11.3. The van der Waals surface area contributed by atoms with Gasteiger partial charge < -0.3 is 73.0 Å². The number of H-pyrrole nitrogens is 1. The minimum atomic E-state index is -1.38. The Balaban J connectivity index is 1.05. The lowest BCUT2D eigenvalue weighted by Crippen LogP contribution is -2.60. The molecule has 10 amide bonds. The van der Waals surface area contributed by atoms with E-state index >= 15 is 0 Å². The number of aromatic amines is 1. The van der Waals surface area contributed by atoms with Crippen LogP contribution in [0.2, 0.25) is 0 Å². The highest BCUT2D eigenvalue weighted by molar-refractivity contribution is 7.98. The SMILES string of the molecule is C[C@@H]1NC(=O)[C@@H]2CCCN2C(=O)[C@H](Cc2ccco2)NC(=O)[C@H](CCc2c[nH]c3ccc(F)cc23)NC(=O)CNC(=O)[C@H](CCCCN)NC(=O)CCSCc2cccc(c2)CSC[C@@H](C(N)=O)NC(=O)[C@@H]2CCCN2C(=O)[C@H](Cc2ccc(O)cc2)NC1=O. The number of primary amides is 1. The smallest absolute Gasteiger partial charge is 0.246 e. The van der Waals surface area contributed by atoms with Crippen LogP contribution < -0.4 is 48.7 Å². The molecule has 24 nitrogen and oxygen atoms in total. The molecule has 8 atom stereocenters. The Kier molecular flexibility index (Phi) is 24.7. The molecule has 3 aliphatic heterocycles. The molecule has 5 heterocycles. The minimum absolute atomic E-state index is 0.0343. The van der Waals surface area contributed by atoms with Gasteiger partial charge in [-0.25, -0.2) is 4.39 Å². The van der Waals surface area contributed by atoms with E-state index in [0.29, 0.717) is 77.3 Å². The monoisotopic (exact) mass is 1280 g/mol. The molecule has 27 heteroatoms. The third-order valence-corrected chi connectivity index (χ3v) is 18.2. The maximum absolute atomic E-state index is 14.9. The van der Waals surface area contributed by atoms with E-state index in [9.17, 15) is 57.4 Å². The van der Waals surface area contributed by atoms with Crippen LogP contribution >= 0.6 is 23.5 Å².